The number of nitrogens with zero attached hydrogens (tertiary/aromatic N) is 5. The fourth-order valence-corrected chi connectivity index (χ4v) is 4.83. The number of pyridine rings is 1. The predicted octanol–water partition coefficient (Wildman–Crippen LogP) is 2.93. The van der Waals surface area contributed by atoms with Gasteiger partial charge < -0.3 is 25.2 Å². The number of aliphatic hydroxyl groups excluding tert-OH is 1. The lowest BCUT2D eigenvalue weighted by Gasteiger charge is -2.31. The Morgan fingerprint density at radius 3 is 2.68 bits per heavy atom. The van der Waals surface area contributed by atoms with E-state index in [0.717, 1.165) is 59.6 Å². The van der Waals surface area contributed by atoms with E-state index in [2.05, 4.69) is 30.5 Å². The van der Waals surface area contributed by atoms with Crippen molar-refractivity contribution in [1.29, 1.82) is 0 Å². The summed E-state index contributed by atoms with van der Waals surface area (Å²) >= 11 is 0. The largest absolute Gasteiger partial charge is 0.393 e. The number of benzene rings is 1. The molecule has 172 valence electrons. The Morgan fingerprint density at radius 1 is 1.03 bits per heavy atom. The summed E-state index contributed by atoms with van der Waals surface area (Å²) in [7, 11) is 1.93. The molecule has 9 nitrogen and oxygen atoms in total. The van der Waals surface area contributed by atoms with E-state index < -0.39 is 0 Å². The maximum atomic E-state index is 12.8. The number of hydrogen-bond donors (Lipinski definition) is 3. The second-order valence-electron chi connectivity index (χ2n) is 8.89. The normalized spacial score (nSPS) is 16.1. The summed E-state index contributed by atoms with van der Waals surface area (Å²) in [5.74, 6) is 1.26. The van der Waals surface area contributed by atoms with Gasteiger partial charge in [-0.1, -0.05) is 6.07 Å². The number of rotatable bonds is 4. The maximum absolute atomic E-state index is 12.8. The van der Waals surface area contributed by atoms with Gasteiger partial charge in [0.15, 0.2) is 5.82 Å². The van der Waals surface area contributed by atoms with Crippen molar-refractivity contribution in [3.05, 3.63) is 60.3 Å². The van der Waals surface area contributed by atoms with Crippen LogP contribution in [0.2, 0.25) is 0 Å². The molecule has 0 bridgehead atoms. The summed E-state index contributed by atoms with van der Waals surface area (Å²) in [5, 5.41) is 16.0. The van der Waals surface area contributed by atoms with Gasteiger partial charge in [0.1, 0.15) is 5.82 Å². The number of nitrogens with one attached hydrogen (secondary N) is 2. The lowest BCUT2D eigenvalue weighted by atomic mass is 9.95. The van der Waals surface area contributed by atoms with E-state index >= 15 is 0 Å². The Bertz CT molecular complexity index is 1340. The van der Waals surface area contributed by atoms with Crippen LogP contribution in [0.1, 0.15) is 28.8 Å². The average Bonchev–Trinajstić information content (AvgIpc) is 3.44. The molecule has 6 rings (SSSR count). The van der Waals surface area contributed by atoms with Gasteiger partial charge in [-0.3, -0.25) is 4.79 Å². The van der Waals surface area contributed by atoms with Gasteiger partial charge in [-0.2, -0.15) is 0 Å². The molecule has 1 amide bonds. The molecular formula is C25H25N7O2. The number of anilines is 3. The van der Waals surface area contributed by atoms with Gasteiger partial charge in [0.2, 0.25) is 0 Å². The molecule has 34 heavy (non-hydrogen) atoms. The van der Waals surface area contributed by atoms with Crippen LogP contribution in [-0.4, -0.2) is 49.7 Å². The minimum atomic E-state index is -0.206. The predicted molar refractivity (Wildman–Crippen MR) is 129 cm³/mol. The number of aliphatic hydroxyl groups is 1. The number of carbonyl (C=O) groups excluding carboxylic acids is 1. The second-order valence-corrected chi connectivity index (χ2v) is 8.89. The van der Waals surface area contributed by atoms with Crippen LogP contribution in [0.15, 0.2) is 49.2 Å². The lowest BCUT2D eigenvalue weighted by Crippen LogP contribution is -2.35. The first kappa shape index (κ1) is 20.6. The zero-order valence-corrected chi connectivity index (χ0v) is 18.8. The summed E-state index contributed by atoms with van der Waals surface area (Å²) in [4.78, 5) is 28.4. The molecule has 0 atom stereocenters. The van der Waals surface area contributed by atoms with Crippen LogP contribution in [0.4, 0.5) is 17.2 Å². The fourth-order valence-electron chi connectivity index (χ4n) is 4.83. The SMILES string of the molecule is Cn1cnc2ncc(-c3ccc(Nc4ccc(N5CCC(O)CC5)cn4)c4c3CNC4=O)c-2c1. The number of hydrogen-bond acceptors (Lipinski definition) is 7. The topological polar surface area (TPSA) is 108 Å². The number of fused-ring (bicyclic) bond motifs is 2. The van der Waals surface area contributed by atoms with Crippen molar-refractivity contribution >= 4 is 23.1 Å². The molecule has 9 heteroatoms. The molecule has 2 aromatic rings. The Labute approximate surface area is 196 Å². The third-order valence-corrected chi connectivity index (χ3v) is 6.64. The van der Waals surface area contributed by atoms with Crippen LogP contribution in [0.5, 0.6) is 0 Å². The molecule has 4 aliphatic rings. The van der Waals surface area contributed by atoms with E-state index in [9.17, 15) is 9.90 Å². The minimum Gasteiger partial charge on any atom is -0.393 e. The van der Waals surface area contributed by atoms with Crippen molar-refractivity contribution in [3.63, 3.8) is 0 Å². The smallest absolute Gasteiger partial charge is 0.254 e. The van der Waals surface area contributed by atoms with E-state index in [4.69, 9.17) is 0 Å². The fraction of sp³-hybridized carbons (Fsp3) is 0.280. The van der Waals surface area contributed by atoms with Crippen LogP contribution >= 0.6 is 0 Å². The highest BCUT2D eigenvalue weighted by Gasteiger charge is 2.28. The Kier molecular flexibility index (Phi) is 4.91. The summed E-state index contributed by atoms with van der Waals surface area (Å²) < 4.78 is 1.90. The van der Waals surface area contributed by atoms with Gasteiger partial charge in [0.05, 0.1) is 35.6 Å². The molecule has 1 saturated heterocycles. The Morgan fingerprint density at radius 2 is 1.88 bits per heavy atom. The third kappa shape index (κ3) is 3.54. The van der Waals surface area contributed by atoms with Crippen molar-refractivity contribution in [1.82, 2.24) is 24.8 Å². The maximum Gasteiger partial charge on any atom is 0.254 e. The molecule has 3 N–H and O–H groups in total. The highest BCUT2D eigenvalue weighted by molar-refractivity contribution is 6.06. The summed E-state index contributed by atoms with van der Waals surface area (Å²) in [6, 6.07) is 7.90. The number of amides is 1. The van der Waals surface area contributed by atoms with Crippen molar-refractivity contribution in [2.45, 2.75) is 25.5 Å². The number of carbonyl (C=O) groups is 1. The molecule has 1 aromatic heterocycles. The van der Waals surface area contributed by atoms with E-state index in [1.807, 2.05) is 54.5 Å². The molecule has 0 unspecified atom stereocenters. The zero-order valence-electron chi connectivity index (χ0n) is 18.8. The van der Waals surface area contributed by atoms with Crippen LogP contribution < -0.4 is 15.5 Å². The van der Waals surface area contributed by atoms with Crippen LogP contribution in [0.25, 0.3) is 22.5 Å². The molecule has 0 saturated carbocycles. The highest BCUT2D eigenvalue weighted by Crippen LogP contribution is 2.39. The first-order chi connectivity index (χ1) is 16.6. The van der Waals surface area contributed by atoms with E-state index in [0.29, 0.717) is 23.8 Å². The zero-order chi connectivity index (χ0) is 23.2. The molecule has 0 spiro atoms. The number of piperidine rings is 1. The average molecular weight is 456 g/mol. The molecular weight excluding hydrogens is 430 g/mol. The van der Waals surface area contributed by atoms with Gasteiger partial charge in [-0.05, 0) is 42.2 Å². The van der Waals surface area contributed by atoms with E-state index in [1.54, 1.807) is 6.33 Å². The quantitative estimate of drug-likeness (QED) is 0.434. The molecule has 4 aliphatic heterocycles. The third-order valence-electron chi connectivity index (χ3n) is 6.64. The summed E-state index contributed by atoms with van der Waals surface area (Å²) in [6.45, 7) is 2.11. The van der Waals surface area contributed by atoms with Crippen LogP contribution in [0.3, 0.4) is 0 Å². The van der Waals surface area contributed by atoms with Crippen LogP contribution in [-0.2, 0) is 13.6 Å². The van der Waals surface area contributed by atoms with Gasteiger partial charge in [0, 0.05) is 50.2 Å². The first-order valence-corrected chi connectivity index (χ1v) is 11.4. The highest BCUT2D eigenvalue weighted by atomic mass is 16.3. The summed E-state index contributed by atoms with van der Waals surface area (Å²) in [5.41, 5.74) is 6.23. The lowest BCUT2D eigenvalue weighted by molar-refractivity contribution is 0.0966. The standard InChI is InChI=1S/C25H25N7O2/c1-31-13-20-18(11-27-24(20)29-14-31)17-3-4-21(23-19(17)12-28-25(23)34)30-22-5-2-15(10-26-22)32-8-6-16(33)7-9-32/h2-5,10-11,13-14,16,33H,6-9,12H2,1H3,(H,26,30)(H,28,34). The molecule has 0 radical (unpaired) electrons. The number of aromatic nitrogens is 4. The number of aryl methyl sites for hydroxylation is 1. The van der Waals surface area contributed by atoms with E-state index in [1.165, 1.54) is 0 Å². The van der Waals surface area contributed by atoms with Gasteiger partial charge in [0.25, 0.3) is 5.91 Å². The van der Waals surface area contributed by atoms with Crippen LogP contribution in [0, 0.1) is 0 Å². The van der Waals surface area contributed by atoms with Gasteiger partial charge in [-0.25, -0.2) is 15.0 Å². The van der Waals surface area contributed by atoms with Crippen molar-refractivity contribution in [3.8, 4) is 22.5 Å². The monoisotopic (exact) mass is 455 g/mol. The molecule has 1 aromatic carbocycles. The minimum absolute atomic E-state index is 0.102. The Balaban J connectivity index is 1.30. The molecule has 0 aliphatic carbocycles. The van der Waals surface area contributed by atoms with Crippen molar-refractivity contribution in [2.24, 2.45) is 7.05 Å². The van der Waals surface area contributed by atoms with Crippen molar-refractivity contribution < 1.29 is 9.90 Å². The first-order valence-electron chi connectivity index (χ1n) is 11.4. The molecule has 1 fully saturated rings. The molecule has 5 heterocycles. The van der Waals surface area contributed by atoms with Gasteiger partial charge >= 0.3 is 0 Å². The van der Waals surface area contributed by atoms with E-state index in [-0.39, 0.29) is 12.0 Å². The van der Waals surface area contributed by atoms with Crippen molar-refractivity contribution in [2.75, 3.05) is 23.3 Å². The van der Waals surface area contributed by atoms with Gasteiger partial charge in [-0.15, -0.1) is 0 Å². The Hall–Kier alpha value is -3.98. The summed E-state index contributed by atoms with van der Waals surface area (Å²) in [6.07, 6.45) is 8.73. The second kappa shape index (κ2) is 8.11.